The summed E-state index contributed by atoms with van der Waals surface area (Å²) in [4.78, 5) is 25.6. The number of carbonyl (C=O) groups is 2. The topological polar surface area (TPSA) is 66.8 Å². The van der Waals surface area contributed by atoms with E-state index in [1.165, 1.54) is 5.56 Å². The third kappa shape index (κ3) is 3.96. The van der Waals surface area contributed by atoms with Gasteiger partial charge in [-0.15, -0.1) is 0 Å². The van der Waals surface area contributed by atoms with E-state index in [2.05, 4.69) is 6.07 Å². The van der Waals surface area contributed by atoms with Crippen LogP contribution in [0.1, 0.15) is 55.8 Å². The normalized spacial score (nSPS) is 23.6. The molecule has 2 atom stereocenters. The number of carboxylic acid groups (broad SMARTS) is 1. The van der Waals surface area contributed by atoms with Crippen LogP contribution >= 0.6 is 0 Å². The molecule has 1 saturated heterocycles. The van der Waals surface area contributed by atoms with Gasteiger partial charge in [0.25, 0.3) is 0 Å². The van der Waals surface area contributed by atoms with Crippen LogP contribution in [0.2, 0.25) is 0 Å². The van der Waals surface area contributed by atoms with Crippen LogP contribution in [0.3, 0.4) is 0 Å². The average molecular weight is 331 g/mol. The molecule has 1 N–H and O–H groups in total. The zero-order chi connectivity index (χ0) is 16.9. The van der Waals surface area contributed by atoms with Gasteiger partial charge in [-0.25, -0.2) is 0 Å². The van der Waals surface area contributed by atoms with Gasteiger partial charge in [-0.1, -0.05) is 24.3 Å². The molecule has 0 aromatic heterocycles. The summed E-state index contributed by atoms with van der Waals surface area (Å²) in [7, 11) is 0. The number of carbonyl (C=O) groups excluding carboxylic acids is 1. The second kappa shape index (κ2) is 7.79. The monoisotopic (exact) mass is 331 g/mol. The number of ether oxygens (including phenoxy) is 1. The number of piperidine rings is 1. The first-order valence-electron chi connectivity index (χ1n) is 8.86. The molecule has 0 spiro atoms. The SMILES string of the molecule is O=C(O)CC[C@@H]1CCCCN1C(=O)C[C@H]1OCCc2ccccc21. The number of hydrogen-bond acceptors (Lipinski definition) is 3. The van der Waals surface area contributed by atoms with Crippen molar-refractivity contribution in [1.82, 2.24) is 4.90 Å². The second-order valence-electron chi connectivity index (χ2n) is 6.68. The lowest BCUT2D eigenvalue weighted by Gasteiger charge is -2.37. The van der Waals surface area contributed by atoms with Gasteiger partial charge < -0.3 is 14.7 Å². The highest BCUT2D eigenvalue weighted by atomic mass is 16.5. The minimum absolute atomic E-state index is 0.0567. The number of hydrogen-bond donors (Lipinski definition) is 1. The zero-order valence-corrected chi connectivity index (χ0v) is 13.9. The molecule has 1 aromatic rings. The summed E-state index contributed by atoms with van der Waals surface area (Å²) in [5.41, 5.74) is 2.39. The highest BCUT2D eigenvalue weighted by molar-refractivity contribution is 5.77. The second-order valence-corrected chi connectivity index (χ2v) is 6.68. The molecule has 2 heterocycles. The molecule has 24 heavy (non-hydrogen) atoms. The summed E-state index contributed by atoms with van der Waals surface area (Å²) >= 11 is 0. The van der Waals surface area contributed by atoms with E-state index in [0.29, 0.717) is 19.4 Å². The fourth-order valence-electron chi connectivity index (χ4n) is 3.84. The van der Waals surface area contributed by atoms with Crippen LogP contribution in [0.15, 0.2) is 24.3 Å². The third-order valence-electron chi connectivity index (χ3n) is 5.09. The molecular weight excluding hydrogens is 306 g/mol. The molecule has 2 aliphatic rings. The largest absolute Gasteiger partial charge is 0.481 e. The molecule has 130 valence electrons. The van der Waals surface area contributed by atoms with Gasteiger partial charge in [0, 0.05) is 19.0 Å². The summed E-state index contributed by atoms with van der Waals surface area (Å²) in [5.74, 6) is -0.704. The van der Waals surface area contributed by atoms with Crippen LogP contribution in [0.4, 0.5) is 0 Å². The van der Waals surface area contributed by atoms with Crippen molar-refractivity contribution in [1.29, 1.82) is 0 Å². The van der Waals surface area contributed by atoms with Gasteiger partial charge in [-0.05, 0) is 43.2 Å². The Bertz CT molecular complexity index is 601. The Hall–Kier alpha value is -1.88. The van der Waals surface area contributed by atoms with E-state index in [0.717, 1.165) is 37.8 Å². The number of rotatable bonds is 5. The molecule has 0 aliphatic carbocycles. The fraction of sp³-hybridized carbons (Fsp3) is 0.579. The van der Waals surface area contributed by atoms with E-state index < -0.39 is 5.97 Å². The first kappa shape index (κ1) is 17.0. The Morgan fingerprint density at radius 2 is 2.08 bits per heavy atom. The molecule has 1 fully saturated rings. The van der Waals surface area contributed by atoms with Crippen molar-refractivity contribution in [2.75, 3.05) is 13.2 Å². The van der Waals surface area contributed by atoms with Crippen LogP contribution in [0.25, 0.3) is 0 Å². The number of fused-ring (bicyclic) bond motifs is 1. The highest BCUT2D eigenvalue weighted by Gasteiger charge is 2.30. The van der Waals surface area contributed by atoms with Crippen LogP contribution in [-0.4, -0.2) is 41.1 Å². The maximum absolute atomic E-state index is 12.8. The minimum Gasteiger partial charge on any atom is -0.481 e. The van der Waals surface area contributed by atoms with Crippen LogP contribution in [0.5, 0.6) is 0 Å². The third-order valence-corrected chi connectivity index (χ3v) is 5.09. The highest BCUT2D eigenvalue weighted by Crippen LogP contribution is 2.31. The summed E-state index contributed by atoms with van der Waals surface area (Å²) in [5, 5.41) is 8.92. The van der Waals surface area contributed by atoms with E-state index >= 15 is 0 Å². The molecule has 2 aliphatic heterocycles. The standard InChI is InChI=1S/C19H25NO4/c21-18(20-11-4-3-6-15(20)8-9-19(22)23)13-17-16-7-2-1-5-14(16)10-12-24-17/h1-2,5,7,15,17H,3-4,6,8-13H2,(H,22,23)/t15-,17+/m0/s1. The van der Waals surface area contributed by atoms with Crippen molar-refractivity contribution in [2.45, 2.75) is 57.1 Å². The van der Waals surface area contributed by atoms with Crippen molar-refractivity contribution in [3.8, 4) is 0 Å². The van der Waals surface area contributed by atoms with Crippen LogP contribution in [0, 0.1) is 0 Å². The summed E-state index contributed by atoms with van der Waals surface area (Å²) in [6.45, 7) is 1.38. The molecule has 0 unspecified atom stereocenters. The summed E-state index contributed by atoms with van der Waals surface area (Å²) in [6, 6.07) is 8.22. The van der Waals surface area contributed by atoms with E-state index in [1.807, 2.05) is 23.1 Å². The van der Waals surface area contributed by atoms with Gasteiger partial charge in [0.2, 0.25) is 5.91 Å². The van der Waals surface area contributed by atoms with E-state index in [1.54, 1.807) is 0 Å². The quantitative estimate of drug-likeness (QED) is 0.901. The average Bonchev–Trinajstić information content (AvgIpc) is 2.60. The Balaban J connectivity index is 1.66. The summed E-state index contributed by atoms with van der Waals surface area (Å²) < 4.78 is 5.86. The first-order valence-corrected chi connectivity index (χ1v) is 8.86. The van der Waals surface area contributed by atoms with Crippen molar-refractivity contribution < 1.29 is 19.4 Å². The minimum atomic E-state index is -0.794. The number of aliphatic carboxylic acids is 1. The molecule has 3 rings (SSSR count). The maximum Gasteiger partial charge on any atom is 0.303 e. The van der Waals surface area contributed by atoms with Crippen molar-refractivity contribution in [3.63, 3.8) is 0 Å². The van der Waals surface area contributed by atoms with Gasteiger partial charge in [-0.2, -0.15) is 0 Å². The molecule has 0 radical (unpaired) electrons. The Kier molecular flexibility index (Phi) is 5.51. The first-order chi connectivity index (χ1) is 11.6. The number of likely N-dealkylation sites (tertiary alicyclic amines) is 1. The van der Waals surface area contributed by atoms with Gasteiger partial charge in [0.05, 0.1) is 19.1 Å². The summed E-state index contributed by atoms with van der Waals surface area (Å²) in [6.07, 6.45) is 4.70. The molecule has 1 aromatic carbocycles. The molecule has 0 bridgehead atoms. The maximum atomic E-state index is 12.8. The molecule has 0 saturated carbocycles. The van der Waals surface area contributed by atoms with Crippen molar-refractivity contribution in [3.05, 3.63) is 35.4 Å². The van der Waals surface area contributed by atoms with E-state index in [4.69, 9.17) is 9.84 Å². The number of carboxylic acids is 1. The van der Waals surface area contributed by atoms with Crippen molar-refractivity contribution in [2.24, 2.45) is 0 Å². The van der Waals surface area contributed by atoms with Crippen LogP contribution in [-0.2, 0) is 20.7 Å². The predicted molar refractivity (Wildman–Crippen MR) is 89.7 cm³/mol. The molecular formula is C19H25NO4. The molecule has 1 amide bonds. The molecule has 5 nitrogen and oxygen atoms in total. The molecule has 5 heteroatoms. The van der Waals surface area contributed by atoms with E-state index in [-0.39, 0.29) is 24.5 Å². The number of amides is 1. The van der Waals surface area contributed by atoms with Gasteiger partial charge in [0.15, 0.2) is 0 Å². The Morgan fingerprint density at radius 1 is 1.25 bits per heavy atom. The van der Waals surface area contributed by atoms with Crippen molar-refractivity contribution >= 4 is 11.9 Å². The van der Waals surface area contributed by atoms with Crippen LogP contribution < -0.4 is 0 Å². The smallest absolute Gasteiger partial charge is 0.303 e. The van der Waals surface area contributed by atoms with Gasteiger partial charge in [-0.3, -0.25) is 9.59 Å². The van der Waals surface area contributed by atoms with Gasteiger partial charge >= 0.3 is 5.97 Å². The zero-order valence-electron chi connectivity index (χ0n) is 13.9. The lowest BCUT2D eigenvalue weighted by Crippen LogP contribution is -2.44. The number of benzene rings is 1. The Labute approximate surface area is 142 Å². The van der Waals surface area contributed by atoms with E-state index in [9.17, 15) is 9.59 Å². The number of nitrogens with zero attached hydrogens (tertiary/aromatic N) is 1. The van der Waals surface area contributed by atoms with Gasteiger partial charge in [0.1, 0.15) is 0 Å². The lowest BCUT2D eigenvalue weighted by atomic mass is 9.93. The lowest BCUT2D eigenvalue weighted by molar-refractivity contribution is -0.141. The Morgan fingerprint density at radius 3 is 2.92 bits per heavy atom. The predicted octanol–water partition coefficient (Wildman–Crippen LogP) is 2.94. The fourth-order valence-corrected chi connectivity index (χ4v) is 3.84.